The summed E-state index contributed by atoms with van der Waals surface area (Å²) in [5, 5.41) is 29.5. The van der Waals surface area contributed by atoms with Crippen molar-refractivity contribution in [2.24, 2.45) is 0 Å². The predicted octanol–water partition coefficient (Wildman–Crippen LogP) is 1.05. The van der Waals surface area contributed by atoms with E-state index in [-0.39, 0.29) is 35.3 Å². The van der Waals surface area contributed by atoms with E-state index in [1.807, 2.05) is 0 Å². The molecule has 0 aliphatic carbocycles. The van der Waals surface area contributed by atoms with Crippen molar-refractivity contribution in [2.75, 3.05) is 6.61 Å². The molecule has 0 saturated heterocycles. The third-order valence-electron chi connectivity index (χ3n) is 3.88. The standard InChI is InChI=1S/C19H24O8/c1-11(8-20)9-26-17(13(3)18(23)24)14-6-4-5-7-15(21)16(22)12(2)10-27-19(14)25/h6,8-9,15,17,19,21,25H,2-5,7,10H2,1H3,(H,23,24)/b11-9+,14-6-. The first-order valence-electron chi connectivity index (χ1n) is 8.28. The molecule has 3 N–H and O–H groups in total. The number of rotatable bonds is 6. The summed E-state index contributed by atoms with van der Waals surface area (Å²) < 4.78 is 10.6. The van der Waals surface area contributed by atoms with E-state index in [0.717, 1.165) is 6.26 Å². The van der Waals surface area contributed by atoms with E-state index < -0.39 is 30.3 Å². The van der Waals surface area contributed by atoms with Gasteiger partial charge < -0.3 is 24.8 Å². The Balaban J connectivity index is 3.19. The van der Waals surface area contributed by atoms with Gasteiger partial charge in [-0.05, 0) is 26.2 Å². The molecule has 1 aliphatic rings. The second kappa shape index (κ2) is 10.6. The fourth-order valence-electron chi connectivity index (χ4n) is 2.31. The number of ketones is 1. The Bertz CT molecular complexity index is 673. The largest absolute Gasteiger partial charge is 0.488 e. The van der Waals surface area contributed by atoms with Crippen molar-refractivity contribution in [3.05, 3.63) is 47.8 Å². The number of aldehydes is 1. The maximum atomic E-state index is 11.9. The minimum atomic E-state index is -1.60. The Hall–Kier alpha value is -2.55. The number of aliphatic hydroxyl groups excluding tert-OH is 2. The second-order valence-corrected chi connectivity index (χ2v) is 6.11. The molecule has 8 nitrogen and oxygen atoms in total. The quantitative estimate of drug-likeness (QED) is 0.270. The van der Waals surface area contributed by atoms with Crippen molar-refractivity contribution >= 4 is 18.0 Å². The molecule has 0 amide bonds. The Labute approximate surface area is 157 Å². The Morgan fingerprint density at radius 3 is 2.70 bits per heavy atom. The maximum Gasteiger partial charge on any atom is 0.335 e. The number of allylic oxidation sites excluding steroid dienone is 2. The molecule has 1 rings (SSSR count). The van der Waals surface area contributed by atoms with Gasteiger partial charge in [-0.15, -0.1) is 0 Å². The van der Waals surface area contributed by atoms with Gasteiger partial charge in [-0.1, -0.05) is 19.2 Å². The van der Waals surface area contributed by atoms with Gasteiger partial charge in [0.25, 0.3) is 0 Å². The molecule has 0 spiro atoms. The monoisotopic (exact) mass is 380 g/mol. The lowest BCUT2D eigenvalue weighted by atomic mass is 9.99. The van der Waals surface area contributed by atoms with Gasteiger partial charge in [0.1, 0.15) is 12.4 Å². The molecule has 0 aromatic heterocycles. The molecule has 0 bridgehead atoms. The van der Waals surface area contributed by atoms with E-state index >= 15 is 0 Å². The molecule has 0 fully saturated rings. The van der Waals surface area contributed by atoms with E-state index in [0.29, 0.717) is 19.1 Å². The molecule has 148 valence electrons. The highest BCUT2D eigenvalue weighted by Gasteiger charge is 2.30. The number of carboxylic acids is 1. The number of carboxylic acid groups (broad SMARTS) is 1. The fraction of sp³-hybridized carbons (Fsp3) is 0.421. The van der Waals surface area contributed by atoms with Crippen LogP contribution in [0.25, 0.3) is 0 Å². The van der Waals surface area contributed by atoms with Gasteiger partial charge in [0, 0.05) is 16.7 Å². The number of hydrogen-bond acceptors (Lipinski definition) is 7. The van der Waals surface area contributed by atoms with Gasteiger partial charge in [0.05, 0.1) is 18.4 Å². The highest BCUT2D eigenvalue weighted by Crippen LogP contribution is 2.23. The number of hydrogen-bond donors (Lipinski definition) is 3. The van der Waals surface area contributed by atoms with E-state index in [2.05, 4.69) is 13.2 Å². The molecule has 0 radical (unpaired) electrons. The fourth-order valence-corrected chi connectivity index (χ4v) is 2.31. The number of Topliss-reactive ketones (excluding diaryl/α,β-unsaturated/α-hetero) is 1. The van der Waals surface area contributed by atoms with E-state index in [1.54, 1.807) is 0 Å². The minimum absolute atomic E-state index is 0.0194. The normalized spacial score (nSPS) is 25.6. The first-order chi connectivity index (χ1) is 12.7. The minimum Gasteiger partial charge on any atom is -0.488 e. The topological polar surface area (TPSA) is 130 Å². The SMILES string of the molecule is C=C1COC(O)/C(C(O/C=C(\C)C=O)C(=C)C(=O)O)=C\CCCC(O)C1=O. The summed E-state index contributed by atoms with van der Waals surface area (Å²) in [6.07, 6.45) is -0.119. The van der Waals surface area contributed by atoms with Crippen LogP contribution < -0.4 is 0 Å². The molecular formula is C19H24O8. The molecule has 27 heavy (non-hydrogen) atoms. The molecule has 0 aromatic carbocycles. The van der Waals surface area contributed by atoms with Crippen LogP contribution in [0.4, 0.5) is 0 Å². The smallest absolute Gasteiger partial charge is 0.335 e. The van der Waals surface area contributed by atoms with Crippen LogP contribution in [0.1, 0.15) is 26.2 Å². The van der Waals surface area contributed by atoms with Crippen LogP contribution in [0.3, 0.4) is 0 Å². The summed E-state index contributed by atoms with van der Waals surface area (Å²) in [6, 6.07) is 0. The zero-order chi connectivity index (χ0) is 20.6. The van der Waals surface area contributed by atoms with Gasteiger partial charge in [-0.3, -0.25) is 9.59 Å². The first kappa shape index (κ1) is 22.5. The number of aliphatic carboxylic acids is 1. The lowest BCUT2D eigenvalue weighted by Crippen LogP contribution is -2.31. The average Bonchev–Trinajstić information content (AvgIpc) is 2.66. The summed E-state index contributed by atoms with van der Waals surface area (Å²) in [7, 11) is 0. The molecule has 0 aromatic rings. The van der Waals surface area contributed by atoms with Gasteiger partial charge in [0.2, 0.25) is 0 Å². The first-order valence-corrected chi connectivity index (χ1v) is 8.28. The van der Waals surface area contributed by atoms with Gasteiger partial charge in [-0.2, -0.15) is 0 Å². The van der Waals surface area contributed by atoms with E-state index in [4.69, 9.17) is 9.47 Å². The molecule has 1 heterocycles. The highest BCUT2D eigenvalue weighted by atomic mass is 16.6. The van der Waals surface area contributed by atoms with Gasteiger partial charge >= 0.3 is 5.97 Å². The number of carbonyl (C=O) groups is 3. The van der Waals surface area contributed by atoms with Crippen molar-refractivity contribution in [2.45, 2.75) is 44.7 Å². The third kappa shape index (κ3) is 6.59. The summed E-state index contributed by atoms with van der Waals surface area (Å²) in [4.78, 5) is 34.0. The average molecular weight is 380 g/mol. The van der Waals surface area contributed by atoms with Crippen LogP contribution in [0.5, 0.6) is 0 Å². The Morgan fingerprint density at radius 2 is 2.11 bits per heavy atom. The highest BCUT2D eigenvalue weighted by molar-refractivity contribution is 5.98. The molecule has 1 aliphatic heterocycles. The van der Waals surface area contributed by atoms with E-state index in [9.17, 15) is 29.7 Å². The number of ether oxygens (including phenoxy) is 2. The lowest BCUT2D eigenvalue weighted by molar-refractivity contribution is -0.133. The zero-order valence-corrected chi connectivity index (χ0v) is 15.1. The molecule has 3 unspecified atom stereocenters. The van der Waals surface area contributed by atoms with Gasteiger partial charge in [0.15, 0.2) is 18.2 Å². The summed E-state index contributed by atoms with van der Waals surface area (Å²) in [5.74, 6) is -1.92. The lowest BCUT2D eigenvalue weighted by Gasteiger charge is -2.24. The van der Waals surface area contributed by atoms with Crippen molar-refractivity contribution in [3.63, 3.8) is 0 Å². The molecule has 8 heteroatoms. The second-order valence-electron chi connectivity index (χ2n) is 6.11. The number of aliphatic hydroxyl groups is 2. The molecule has 3 atom stereocenters. The Kier molecular flexibility index (Phi) is 8.80. The summed E-state index contributed by atoms with van der Waals surface area (Å²) >= 11 is 0. The van der Waals surface area contributed by atoms with Crippen molar-refractivity contribution < 1.29 is 39.2 Å². The zero-order valence-electron chi connectivity index (χ0n) is 15.1. The molecule has 0 saturated carbocycles. The summed E-state index contributed by atoms with van der Waals surface area (Å²) in [5.41, 5.74) is -0.125. The van der Waals surface area contributed by atoms with Crippen molar-refractivity contribution in [3.8, 4) is 0 Å². The summed E-state index contributed by atoms with van der Waals surface area (Å²) in [6.45, 7) is 8.10. The predicted molar refractivity (Wildman–Crippen MR) is 95.5 cm³/mol. The van der Waals surface area contributed by atoms with Crippen LogP contribution in [0, 0.1) is 0 Å². The van der Waals surface area contributed by atoms with Crippen molar-refractivity contribution in [1.29, 1.82) is 0 Å². The van der Waals surface area contributed by atoms with E-state index in [1.165, 1.54) is 13.0 Å². The maximum absolute atomic E-state index is 11.9. The van der Waals surface area contributed by atoms with Crippen LogP contribution in [0.2, 0.25) is 0 Å². The van der Waals surface area contributed by atoms with Crippen LogP contribution in [0.15, 0.2) is 47.8 Å². The molecular weight excluding hydrogens is 356 g/mol. The third-order valence-corrected chi connectivity index (χ3v) is 3.88. The van der Waals surface area contributed by atoms with Crippen molar-refractivity contribution in [1.82, 2.24) is 0 Å². The van der Waals surface area contributed by atoms with Crippen LogP contribution in [-0.2, 0) is 23.9 Å². The van der Waals surface area contributed by atoms with Gasteiger partial charge in [-0.25, -0.2) is 4.79 Å². The van der Waals surface area contributed by atoms with Crippen LogP contribution >= 0.6 is 0 Å². The Morgan fingerprint density at radius 1 is 1.44 bits per heavy atom. The van der Waals surface area contributed by atoms with Crippen LogP contribution in [-0.4, -0.2) is 58.5 Å². The number of carbonyl (C=O) groups excluding carboxylic acids is 2.